The Hall–Kier alpha value is -1.11. The Morgan fingerprint density at radius 1 is 1.15 bits per heavy atom. The zero-order chi connectivity index (χ0) is 17.5. The van der Waals surface area contributed by atoms with Gasteiger partial charge >= 0.3 is 0 Å². The molecule has 0 spiro atoms. The van der Waals surface area contributed by atoms with Crippen LogP contribution in [-0.4, -0.2) is 30.4 Å². The molecule has 150 valence electrons. The molecule has 7 heteroatoms. The highest BCUT2D eigenvalue weighted by Gasteiger charge is 2.20. The lowest BCUT2D eigenvalue weighted by Crippen LogP contribution is -2.38. The number of nitrogens with one attached hydrogen (secondary N) is 1. The van der Waals surface area contributed by atoms with Crippen molar-refractivity contribution in [1.82, 2.24) is 10.2 Å². The summed E-state index contributed by atoms with van der Waals surface area (Å²) >= 11 is 1.82. The summed E-state index contributed by atoms with van der Waals surface area (Å²) in [6.07, 6.45) is 2.65. The Bertz CT molecular complexity index is 647. The molecule has 0 bridgehead atoms. The molecule has 0 saturated carbocycles. The van der Waals surface area contributed by atoms with Crippen molar-refractivity contribution in [1.29, 1.82) is 0 Å². The number of carbonyl (C=O) groups is 1. The van der Waals surface area contributed by atoms with Crippen LogP contribution in [0.2, 0.25) is 0 Å². The molecule has 1 atom stereocenters. The third-order valence-electron chi connectivity index (χ3n) is 4.89. The normalized spacial score (nSPS) is 16.0. The van der Waals surface area contributed by atoms with Crippen LogP contribution in [0.3, 0.4) is 0 Å². The lowest BCUT2D eigenvalue weighted by Gasteiger charge is -2.31. The third kappa shape index (κ3) is 7.80. The van der Waals surface area contributed by atoms with Crippen LogP contribution in [0.5, 0.6) is 0 Å². The predicted octanol–water partition coefficient (Wildman–Crippen LogP) is 4.01. The maximum Gasteiger partial charge on any atom is 0.221 e. The van der Waals surface area contributed by atoms with Crippen molar-refractivity contribution in [3.05, 3.63) is 58.3 Å². The summed E-state index contributed by atoms with van der Waals surface area (Å²) in [5.41, 5.74) is 7.13. The summed E-state index contributed by atoms with van der Waals surface area (Å²) in [6.45, 7) is 4.06. The number of halogens is 2. The SMILES string of the molecule is Cl.Cl.NC(CC(=O)NCC1CCN(Cc2cccs2)CC1)c1ccccc1. The Balaban J connectivity index is 0.00000182. The van der Waals surface area contributed by atoms with E-state index in [0.717, 1.165) is 44.6 Å². The number of nitrogens with two attached hydrogens (primary N) is 1. The van der Waals surface area contributed by atoms with Gasteiger partial charge in [0.25, 0.3) is 0 Å². The number of piperidine rings is 1. The minimum Gasteiger partial charge on any atom is -0.356 e. The monoisotopic (exact) mass is 429 g/mol. The number of amides is 1. The third-order valence-corrected chi connectivity index (χ3v) is 5.75. The van der Waals surface area contributed by atoms with Crippen LogP contribution >= 0.6 is 36.2 Å². The van der Waals surface area contributed by atoms with E-state index in [4.69, 9.17) is 5.73 Å². The van der Waals surface area contributed by atoms with Gasteiger partial charge in [-0.25, -0.2) is 0 Å². The molecule has 1 aromatic carbocycles. The molecular weight excluding hydrogens is 401 g/mol. The molecule has 2 heterocycles. The van der Waals surface area contributed by atoms with Gasteiger partial charge in [0.2, 0.25) is 5.91 Å². The van der Waals surface area contributed by atoms with Crippen molar-refractivity contribution in [2.45, 2.75) is 31.8 Å². The summed E-state index contributed by atoms with van der Waals surface area (Å²) in [5.74, 6) is 0.633. The Morgan fingerprint density at radius 2 is 1.85 bits per heavy atom. The van der Waals surface area contributed by atoms with Gasteiger partial charge < -0.3 is 11.1 Å². The van der Waals surface area contributed by atoms with Crippen molar-refractivity contribution in [3.63, 3.8) is 0 Å². The van der Waals surface area contributed by atoms with Crippen LogP contribution in [-0.2, 0) is 11.3 Å². The lowest BCUT2D eigenvalue weighted by molar-refractivity contribution is -0.121. The number of likely N-dealkylation sites (tertiary alicyclic amines) is 1. The van der Waals surface area contributed by atoms with Gasteiger partial charge in [-0.2, -0.15) is 0 Å². The molecule has 1 unspecified atom stereocenters. The molecule has 2 aromatic rings. The van der Waals surface area contributed by atoms with Crippen molar-refractivity contribution < 1.29 is 4.79 Å². The number of rotatable bonds is 7. The van der Waals surface area contributed by atoms with Crippen LogP contribution in [0.1, 0.15) is 35.7 Å². The van der Waals surface area contributed by atoms with E-state index in [-0.39, 0.29) is 36.8 Å². The number of nitrogens with zero attached hydrogens (tertiary/aromatic N) is 1. The second-order valence-corrected chi connectivity index (χ2v) is 7.86. The zero-order valence-corrected chi connectivity index (χ0v) is 17.8. The fourth-order valence-electron chi connectivity index (χ4n) is 3.32. The van der Waals surface area contributed by atoms with E-state index in [1.54, 1.807) is 0 Å². The quantitative estimate of drug-likeness (QED) is 0.698. The van der Waals surface area contributed by atoms with Gasteiger partial charge in [0.05, 0.1) is 0 Å². The molecule has 0 aliphatic carbocycles. The molecule has 1 amide bonds. The van der Waals surface area contributed by atoms with Crippen molar-refractivity contribution in [2.75, 3.05) is 19.6 Å². The average Bonchev–Trinajstić information content (AvgIpc) is 3.15. The van der Waals surface area contributed by atoms with E-state index < -0.39 is 0 Å². The van der Waals surface area contributed by atoms with Crippen molar-refractivity contribution in [2.24, 2.45) is 11.7 Å². The van der Waals surface area contributed by atoms with Crippen LogP contribution in [0.25, 0.3) is 0 Å². The van der Waals surface area contributed by atoms with Gasteiger partial charge in [0.15, 0.2) is 0 Å². The molecule has 0 radical (unpaired) electrons. The van der Waals surface area contributed by atoms with Gasteiger partial charge in [-0.3, -0.25) is 9.69 Å². The standard InChI is InChI=1S/C20H27N3OS.2ClH/c21-19(17-5-2-1-3-6-17)13-20(24)22-14-16-8-10-23(11-9-16)15-18-7-4-12-25-18;;/h1-7,12,16,19H,8-11,13-15,21H2,(H,22,24);2*1H. The lowest BCUT2D eigenvalue weighted by atomic mass is 9.96. The first-order chi connectivity index (χ1) is 12.2. The largest absolute Gasteiger partial charge is 0.356 e. The molecule has 4 nitrogen and oxygen atoms in total. The topological polar surface area (TPSA) is 58.4 Å². The highest BCUT2D eigenvalue weighted by Crippen LogP contribution is 2.20. The second kappa shape index (κ2) is 12.4. The number of benzene rings is 1. The molecule has 1 aliphatic heterocycles. The Kier molecular flexibility index (Phi) is 11.0. The van der Waals surface area contributed by atoms with E-state index in [0.29, 0.717) is 12.3 Å². The summed E-state index contributed by atoms with van der Waals surface area (Å²) < 4.78 is 0. The number of carbonyl (C=O) groups excluding carboxylic acids is 1. The molecule has 1 fully saturated rings. The summed E-state index contributed by atoms with van der Waals surface area (Å²) in [5, 5.41) is 5.21. The van der Waals surface area contributed by atoms with Gasteiger partial charge in [0.1, 0.15) is 0 Å². The molecule has 1 saturated heterocycles. The molecule has 1 aliphatic rings. The molecule has 27 heavy (non-hydrogen) atoms. The first-order valence-corrected chi connectivity index (χ1v) is 9.90. The van der Waals surface area contributed by atoms with Crippen LogP contribution in [0.15, 0.2) is 47.8 Å². The molecule has 1 aromatic heterocycles. The zero-order valence-electron chi connectivity index (χ0n) is 15.4. The summed E-state index contributed by atoms with van der Waals surface area (Å²) in [6, 6.07) is 13.9. The van der Waals surface area contributed by atoms with Gasteiger partial charge in [-0.15, -0.1) is 36.2 Å². The Morgan fingerprint density at radius 3 is 2.48 bits per heavy atom. The minimum absolute atomic E-state index is 0. The highest BCUT2D eigenvalue weighted by atomic mass is 35.5. The number of hydrogen-bond acceptors (Lipinski definition) is 4. The van der Waals surface area contributed by atoms with Crippen molar-refractivity contribution >= 4 is 42.1 Å². The van der Waals surface area contributed by atoms with Crippen LogP contribution < -0.4 is 11.1 Å². The first-order valence-electron chi connectivity index (χ1n) is 9.02. The maximum absolute atomic E-state index is 12.1. The summed E-state index contributed by atoms with van der Waals surface area (Å²) in [7, 11) is 0. The maximum atomic E-state index is 12.1. The molecular formula is C20H29Cl2N3OS. The highest BCUT2D eigenvalue weighted by molar-refractivity contribution is 7.09. The van der Waals surface area contributed by atoms with Crippen LogP contribution in [0.4, 0.5) is 0 Å². The Labute approximate surface area is 178 Å². The fraction of sp³-hybridized carbons (Fsp3) is 0.450. The molecule has 3 N–H and O–H groups in total. The number of thiophene rings is 1. The van der Waals surface area contributed by atoms with E-state index in [2.05, 4.69) is 27.7 Å². The van der Waals surface area contributed by atoms with Gasteiger partial charge in [-0.1, -0.05) is 36.4 Å². The average molecular weight is 430 g/mol. The minimum atomic E-state index is -0.228. The fourth-order valence-corrected chi connectivity index (χ4v) is 4.07. The van der Waals surface area contributed by atoms with E-state index in [1.807, 2.05) is 41.7 Å². The van der Waals surface area contributed by atoms with Gasteiger partial charge in [0, 0.05) is 30.4 Å². The van der Waals surface area contributed by atoms with Crippen molar-refractivity contribution in [3.8, 4) is 0 Å². The number of hydrogen-bond donors (Lipinski definition) is 2. The molecule has 3 rings (SSSR count). The van der Waals surface area contributed by atoms with E-state index in [1.165, 1.54) is 4.88 Å². The predicted molar refractivity (Wildman–Crippen MR) is 118 cm³/mol. The summed E-state index contributed by atoms with van der Waals surface area (Å²) in [4.78, 5) is 16.1. The second-order valence-electron chi connectivity index (χ2n) is 6.82. The van der Waals surface area contributed by atoms with E-state index >= 15 is 0 Å². The van der Waals surface area contributed by atoms with Gasteiger partial charge in [-0.05, 0) is 48.9 Å². The van der Waals surface area contributed by atoms with E-state index in [9.17, 15) is 4.79 Å². The first kappa shape index (κ1) is 23.9. The smallest absolute Gasteiger partial charge is 0.221 e. The van der Waals surface area contributed by atoms with Crippen LogP contribution in [0, 0.1) is 5.92 Å².